The average Bonchev–Trinajstić information content (AvgIpc) is 2.17. The third-order valence-electron chi connectivity index (χ3n) is 1.83. The number of alkyl halides is 6. The van der Waals surface area contributed by atoms with Gasteiger partial charge in [-0.3, -0.25) is 5.32 Å². The molecule has 2 amide bonds. The van der Waals surface area contributed by atoms with Crippen molar-refractivity contribution in [2.24, 2.45) is 4.99 Å². The number of rotatable bonds is 2. The standard InChI is InChI=1S/C7H8Cl6N4O/c1-2-14-17-4(7(11,12)13)15-3(6(8,9)10)16-5(17)18/h4,14H,2H2,1H3,(H,15,16,18). The number of nitrogens with one attached hydrogen (secondary N) is 2. The fourth-order valence-corrected chi connectivity index (χ4v) is 1.90. The van der Waals surface area contributed by atoms with Gasteiger partial charge >= 0.3 is 6.03 Å². The molecular formula is C7H8Cl6N4O. The van der Waals surface area contributed by atoms with Crippen LogP contribution in [0.1, 0.15) is 6.92 Å². The van der Waals surface area contributed by atoms with E-state index in [2.05, 4.69) is 15.7 Å². The summed E-state index contributed by atoms with van der Waals surface area (Å²) in [6.07, 6.45) is -1.15. The first kappa shape index (κ1) is 16.7. The van der Waals surface area contributed by atoms with E-state index in [-0.39, 0.29) is 5.84 Å². The van der Waals surface area contributed by atoms with Gasteiger partial charge in [0.1, 0.15) is 0 Å². The molecule has 0 bridgehead atoms. The number of nitrogens with zero attached hydrogens (tertiary/aromatic N) is 2. The van der Waals surface area contributed by atoms with E-state index >= 15 is 0 Å². The highest BCUT2D eigenvalue weighted by atomic mass is 35.6. The maximum Gasteiger partial charge on any atom is 0.339 e. The lowest BCUT2D eigenvalue weighted by Crippen LogP contribution is -2.63. The fraction of sp³-hybridized carbons (Fsp3) is 0.714. The maximum absolute atomic E-state index is 11.8. The molecule has 0 saturated carbocycles. The van der Waals surface area contributed by atoms with Gasteiger partial charge in [0.2, 0.25) is 7.59 Å². The van der Waals surface area contributed by atoms with Crippen molar-refractivity contribution in [1.29, 1.82) is 0 Å². The third kappa shape index (κ3) is 4.07. The Hall–Kier alpha value is 0.640. The second kappa shape index (κ2) is 5.95. The molecule has 1 unspecified atom stereocenters. The molecule has 0 spiro atoms. The quantitative estimate of drug-likeness (QED) is 0.728. The molecule has 0 radical (unpaired) electrons. The van der Waals surface area contributed by atoms with E-state index in [9.17, 15) is 4.79 Å². The third-order valence-corrected chi connectivity index (χ3v) is 2.95. The topological polar surface area (TPSA) is 56.7 Å². The van der Waals surface area contributed by atoms with Crippen LogP contribution in [0.3, 0.4) is 0 Å². The summed E-state index contributed by atoms with van der Waals surface area (Å²) >= 11 is 34.2. The Balaban J connectivity index is 3.14. The SMILES string of the molecule is CCNN1C(=O)NC(C(Cl)(Cl)Cl)=NC1C(Cl)(Cl)Cl. The van der Waals surface area contributed by atoms with E-state index < -0.39 is 19.8 Å². The first-order chi connectivity index (χ1) is 8.07. The Morgan fingerprint density at radius 1 is 1.33 bits per heavy atom. The molecule has 0 aromatic rings. The molecule has 18 heavy (non-hydrogen) atoms. The van der Waals surface area contributed by atoms with Gasteiger partial charge in [-0.2, -0.15) is 0 Å². The molecule has 0 fully saturated rings. The number of aliphatic imine (C=N–C) groups is 1. The highest BCUT2D eigenvalue weighted by molar-refractivity contribution is 6.77. The Bertz CT molecular complexity index is 362. The molecule has 1 aliphatic heterocycles. The van der Waals surface area contributed by atoms with Gasteiger partial charge in [-0.1, -0.05) is 76.5 Å². The van der Waals surface area contributed by atoms with Crippen molar-refractivity contribution >= 4 is 81.5 Å². The summed E-state index contributed by atoms with van der Waals surface area (Å²) < 4.78 is -3.79. The number of hydrogen-bond donors (Lipinski definition) is 2. The van der Waals surface area contributed by atoms with Crippen molar-refractivity contribution in [3.05, 3.63) is 0 Å². The Morgan fingerprint density at radius 2 is 1.89 bits per heavy atom. The number of urea groups is 1. The largest absolute Gasteiger partial charge is 0.339 e. The normalized spacial score (nSPS) is 21.7. The van der Waals surface area contributed by atoms with E-state index in [1.165, 1.54) is 0 Å². The van der Waals surface area contributed by atoms with E-state index in [0.717, 1.165) is 5.01 Å². The number of carbonyl (C=O) groups is 1. The summed E-state index contributed by atoms with van der Waals surface area (Å²) in [5, 5.41) is 3.32. The molecule has 1 aliphatic rings. The van der Waals surface area contributed by atoms with Gasteiger partial charge in [0.05, 0.1) is 0 Å². The number of hydrazine groups is 1. The average molecular weight is 377 g/mol. The number of hydrogen-bond acceptors (Lipinski definition) is 3. The second-order valence-corrected chi connectivity index (χ2v) is 7.85. The lowest BCUT2D eigenvalue weighted by Gasteiger charge is -2.37. The van der Waals surface area contributed by atoms with Crippen LogP contribution in [0.5, 0.6) is 0 Å². The Morgan fingerprint density at radius 3 is 2.28 bits per heavy atom. The highest BCUT2D eigenvalue weighted by Gasteiger charge is 2.46. The van der Waals surface area contributed by atoms with Gasteiger partial charge in [-0.15, -0.1) is 0 Å². The minimum absolute atomic E-state index is 0.206. The van der Waals surface area contributed by atoms with Crippen LogP contribution >= 0.6 is 69.6 Å². The molecule has 1 atom stereocenters. The van der Waals surface area contributed by atoms with Crippen molar-refractivity contribution in [3.63, 3.8) is 0 Å². The lowest BCUT2D eigenvalue weighted by atomic mass is 10.4. The number of amides is 2. The van der Waals surface area contributed by atoms with Crippen LogP contribution in [0.25, 0.3) is 0 Å². The molecule has 2 N–H and O–H groups in total. The summed E-state index contributed by atoms with van der Waals surface area (Å²) in [5.41, 5.74) is 2.69. The predicted molar refractivity (Wildman–Crippen MR) is 75.9 cm³/mol. The summed E-state index contributed by atoms with van der Waals surface area (Å²) in [6.45, 7) is 2.18. The summed E-state index contributed by atoms with van der Waals surface area (Å²) in [4.78, 5) is 15.7. The molecular weight excluding hydrogens is 369 g/mol. The summed E-state index contributed by atoms with van der Waals surface area (Å²) in [5.74, 6) is -0.206. The molecule has 104 valence electrons. The van der Waals surface area contributed by atoms with Crippen molar-refractivity contribution in [2.45, 2.75) is 20.7 Å². The van der Waals surface area contributed by atoms with Gasteiger partial charge in [0.25, 0.3) is 0 Å². The smallest absolute Gasteiger partial charge is 0.291 e. The zero-order chi connectivity index (χ0) is 14.1. The summed E-state index contributed by atoms with van der Waals surface area (Å²) in [6, 6.07) is -0.635. The van der Waals surface area contributed by atoms with Crippen LogP contribution in [0.15, 0.2) is 4.99 Å². The van der Waals surface area contributed by atoms with E-state index in [1.807, 2.05) is 0 Å². The maximum atomic E-state index is 11.8. The first-order valence-corrected chi connectivity index (χ1v) is 6.89. The van der Waals surface area contributed by atoms with Crippen LogP contribution in [0.4, 0.5) is 4.79 Å². The first-order valence-electron chi connectivity index (χ1n) is 4.62. The minimum Gasteiger partial charge on any atom is -0.291 e. The van der Waals surface area contributed by atoms with Crippen LogP contribution in [-0.2, 0) is 0 Å². The number of amidine groups is 1. The van der Waals surface area contributed by atoms with Gasteiger partial charge in [0, 0.05) is 6.54 Å². The minimum atomic E-state index is -1.91. The van der Waals surface area contributed by atoms with Gasteiger partial charge in [-0.05, 0) is 0 Å². The van der Waals surface area contributed by atoms with Gasteiger partial charge < -0.3 is 0 Å². The van der Waals surface area contributed by atoms with E-state index in [1.54, 1.807) is 6.92 Å². The lowest BCUT2D eigenvalue weighted by molar-refractivity contribution is 0.141. The molecule has 1 heterocycles. The molecule has 0 aromatic heterocycles. The van der Waals surface area contributed by atoms with Crippen LogP contribution in [0, 0.1) is 0 Å². The predicted octanol–water partition coefficient (Wildman–Crippen LogP) is 3.00. The van der Waals surface area contributed by atoms with Crippen molar-refractivity contribution < 1.29 is 4.79 Å². The summed E-state index contributed by atoms with van der Waals surface area (Å²) in [7, 11) is 0. The van der Waals surface area contributed by atoms with E-state index in [0.29, 0.717) is 6.54 Å². The second-order valence-electron chi connectivity index (χ2n) is 3.20. The molecule has 5 nitrogen and oxygen atoms in total. The Kier molecular flexibility index (Phi) is 5.52. The fourth-order valence-electron chi connectivity index (χ4n) is 1.18. The van der Waals surface area contributed by atoms with Crippen LogP contribution in [0.2, 0.25) is 0 Å². The van der Waals surface area contributed by atoms with Crippen LogP contribution in [-0.4, -0.2) is 37.2 Å². The van der Waals surface area contributed by atoms with Gasteiger partial charge in [-0.25, -0.2) is 20.2 Å². The van der Waals surface area contributed by atoms with Crippen LogP contribution < -0.4 is 10.7 Å². The number of halogens is 6. The molecule has 0 aliphatic carbocycles. The number of carbonyl (C=O) groups excluding carboxylic acids is 1. The highest BCUT2D eigenvalue weighted by Crippen LogP contribution is 2.37. The zero-order valence-corrected chi connectivity index (χ0v) is 13.4. The van der Waals surface area contributed by atoms with Gasteiger partial charge in [0.15, 0.2) is 12.0 Å². The zero-order valence-electron chi connectivity index (χ0n) is 8.85. The molecule has 0 saturated heterocycles. The molecule has 1 rings (SSSR count). The molecule has 11 heteroatoms. The van der Waals surface area contributed by atoms with Crippen molar-refractivity contribution in [3.8, 4) is 0 Å². The molecule has 0 aromatic carbocycles. The van der Waals surface area contributed by atoms with E-state index in [4.69, 9.17) is 69.6 Å². The van der Waals surface area contributed by atoms with Crippen molar-refractivity contribution in [2.75, 3.05) is 6.54 Å². The van der Waals surface area contributed by atoms with Crippen molar-refractivity contribution in [1.82, 2.24) is 15.8 Å². The monoisotopic (exact) mass is 374 g/mol. The Labute approximate surface area is 134 Å².